The molecule has 1 rings (SSSR count). The molecule has 0 aliphatic heterocycles. The maximum Gasteiger partial charge on any atom is 0.407 e. The van der Waals surface area contributed by atoms with Gasteiger partial charge in [0.15, 0.2) is 0 Å². The van der Waals surface area contributed by atoms with Crippen LogP contribution < -0.4 is 5.32 Å². The summed E-state index contributed by atoms with van der Waals surface area (Å²) in [6, 6.07) is 9.82. The molecule has 0 saturated heterocycles. The summed E-state index contributed by atoms with van der Waals surface area (Å²) in [5.74, 6) is 0.569. The summed E-state index contributed by atoms with van der Waals surface area (Å²) in [7, 11) is 0. The van der Waals surface area contributed by atoms with E-state index >= 15 is 0 Å². The lowest BCUT2D eigenvalue weighted by molar-refractivity contribution is 0.135. The van der Waals surface area contributed by atoms with E-state index in [1.54, 1.807) is 0 Å². The second kappa shape index (κ2) is 6.94. The molecule has 0 aromatic heterocycles. The Morgan fingerprint density at radius 2 is 1.88 bits per heavy atom. The topological polar surface area (TPSA) is 38.3 Å². The van der Waals surface area contributed by atoms with Gasteiger partial charge in [-0.2, -0.15) is 0 Å². The minimum absolute atomic E-state index is 0.151. The molecule has 3 heteroatoms. The van der Waals surface area contributed by atoms with Crippen LogP contribution in [0.1, 0.15) is 32.8 Å². The Kier molecular flexibility index (Phi) is 5.53. The Balaban J connectivity index is 2.26. The maximum atomic E-state index is 11.5. The van der Waals surface area contributed by atoms with E-state index in [9.17, 15) is 4.79 Å². The van der Waals surface area contributed by atoms with Gasteiger partial charge in [-0.3, -0.25) is 0 Å². The van der Waals surface area contributed by atoms with Crippen LogP contribution >= 0.6 is 0 Å². The Bertz CT molecular complexity index is 335. The lowest BCUT2D eigenvalue weighted by Gasteiger charge is -2.15. The van der Waals surface area contributed by atoms with E-state index in [0.29, 0.717) is 12.5 Å². The third-order valence-corrected chi connectivity index (χ3v) is 2.40. The van der Waals surface area contributed by atoms with Gasteiger partial charge in [0.25, 0.3) is 0 Å². The molecular weight excluding hydrogens is 214 g/mol. The van der Waals surface area contributed by atoms with Crippen LogP contribution in [0.4, 0.5) is 4.79 Å². The molecule has 0 fully saturated rings. The standard InChI is InChI=1S/C14H21NO2/c1-11(2)9-12(3)15-14(16)17-10-13-7-5-4-6-8-13/h4-8,11-12H,9-10H2,1-3H3,(H,15,16)/t12-/m0/s1. The van der Waals surface area contributed by atoms with Crippen LogP contribution in [0.25, 0.3) is 0 Å². The first-order chi connectivity index (χ1) is 8.08. The number of nitrogens with one attached hydrogen (secondary N) is 1. The van der Waals surface area contributed by atoms with Crippen molar-refractivity contribution in [1.29, 1.82) is 0 Å². The van der Waals surface area contributed by atoms with Crippen LogP contribution in [-0.2, 0) is 11.3 Å². The highest BCUT2D eigenvalue weighted by Crippen LogP contribution is 2.05. The first kappa shape index (κ1) is 13.6. The summed E-state index contributed by atoms with van der Waals surface area (Å²) >= 11 is 0. The highest BCUT2D eigenvalue weighted by Gasteiger charge is 2.09. The zero-order chi connectivity index (χ0) is 12.7. The normalized spacial score (nSPS) is 12.2. The number of rotatable bonds is 5. The largest absolute Gasteiger partial charge is 0.445 e. The Morgan fingerprint density at radius 3 is 2.47 bits per heavy atom. The van der Waals surface area contributed by atoms with Gasteiger partial charge in [0.05, 0.1) is 0 Å². The predicted molar refractivity (Wildman–Crippen MR) is 68.7 cm³/mol. The molecule has 0 unspecified atom stereocenters. The van der Waals surface area contributed by atoms with E-state index in [4.69, 9.17) is 4.74 Å². The van der Waals surface area contributed by atoms with E-state index in [2.05, 4.69) is 19.2 Å². The second-order valence-electron chi connectivity index (χ2n) is 4.74. The fraction of sp³-hybridized carbons (Fsp3) is 0.500. The highest BCUT2D eigenvalue weighted by atomic mass is 16.5. The third-order valence-electron chi connectivity index (χ3n) is 2.40. The number of carbonyl (C=O) groups is 1. The first-order valence-corrected chi connectivity index (χ1v) is 6.05. The first-order valence-electron chi connectivity index (χ1n) is 6.05. The van der Waals surface area contributed by atoms with Crippen LogP contribution in [0.3, 0.4) is 0 Å². The van der Waals surface area contributed by atoms with Gasteiger partial charge in [0.1, 0.15) is 6.61 Å². The number of hydrogen-bond acceptors (Lipinski definition) is 2. The van der Waals surface area contributed by atoms with Gasteiger partial charge in [0, 0.05) is 6.04 Å². The summed E-state index contributed by atoms with van der Waals surface area (Å²) in [4.78, 5) is 11.5. The van der Waals surface area contributed by atoms with Crippen molar-refractivity contribution in [3.05, 3.63) is 35.9 Å². The number of alkyl carbamates (subject to hydrolysis) is 1. The smallest absolute Gasteiger partial charge is 0.407 e. The van der Waals surface area contributed by atoms with Gasteiger partial charge in [-0.25, -0.2) is 4.79 Å². The lowest BCUT2D eigenvalue weighted by Crippen LogP contribution is -2.33. The number of amides is 1. The fourth-order valence-corrected chi connectivity index (χ4v) is 1.73. The molecule has 1 N–H and O–H groups in total. The van der Waals surface area contributed by atoms with E-state index in [1.165, 1.54) is 0 Å². The molecule has 3 nitrogen and oxygen atoms in total. The third kappa shape index (κ3) is 5.95. The van der Waals surface area contributed by atoms with Crippen molar-refractivity contribution in [2.45, 2.75) is 39.8 Å². The van der Waals surface area contributed by atoms with E-state index in [-0.39, 0.29) is 12.1 Å². The van der Waals surface area contributed by atoms with Crippen molar-refractivity contribution >= 4 is 6.09 Å². The highest BCUT2D eigenvalue weighted by molar-refractivity contribution is 5.67. The zero-order valence-corrected chi connectivity index (χ0v) is 10.8. The van der Waals surface area contributed by atoms with Crippen LogP contribution in [0.2, 0.25) is 0 Å². The van der Waals surface area contributed by atoms with E-state index < -0.39 is 0 Å². The van der Waals surface area contributed by atoms with Crippen LogP contribution in [0, 0.1) is 5.92 Å². The minimum Gasteiger partial charge on any atom is -0.445 e. The predicted octanol–water partition coefficient (Wildman–Crippen LogP) is 3.35. The van der Waals surface area contributed by atoms with Crippen molar-refractivity contribution in [3.8, 4) is 0 Å². The number of ether oxygens (including phenoxy) is 1. The Labute approximate surface area is 103 Å². The van der Waals surface area contributed by atoms with Gasteiger partial charge in [-0.05, 0) is 24.8 Å². The minimum atomic E-state index is -0.345. The van der Waals surface area contributed by atoms with Crippen molar-refractivity contribution in [2.24, 2.45) is 5.92 Å². The summed E-state index contributed by atoms with van der Waals surface area (Å²) in [5.41, 5.74) is 0.999. The molecule has 0 spiro atoms. The molecule has 0 saturated carbocycles. The molecule has 0 aliphatic rings. The molecular formula is C14H21NO2. The molecule has 94 valence electrons. The number of carbonyl (C=O) groups excluding carboxylic acids is 1. The number of hydrogen-bond donors (Lipinski definition) is 1. The van der Waals surface area contributed by atoms with E-state index in [1.807, 2.05) is 37.3 Å². The molecule has 0 bridgehead atoms. The van der Waals surface area contributed by atoms with Crippen LogP contribution in [0.5, 0.6) is 0 Å². The van der Waals surface area contributed by atoms with Crippen molar-refractivity contribution in [3.63, 3.8) is 0 Å². The molecule has 1 amide bonds. The average Bonchev–Trinajstić information content (AvgIpc) is 2.26. The molecule has 1 aromatic carbocycles. The lowest BCUT2D eigenvalue weighted by atomic mass is 10.1. The quantitative estimate of drug-likeness (QED) is 0.850. The van der Waals surface area contributed by atoms with Crippen LogP contribution in [0.15, 0.2) is 30.3 Å². The van der Waals surface area contributed by atoms with Crippen molar-refractivity contribution < 1.29 is 9.53 Å². The summed E-state index contributed by atoms with van der Waals surface area (Å²) in [5, 5.41) is 2.82. The fourth-order valence-electron chi connectivity index (χ4n) is 1.73. The summed E-state index contributed by atoms with van der Waals surface area (Å²) < 4.78 is 5.13. The summed E-state index contributed by atoms with van der Waals surface area (Å²) in [6.45, 7) is 6.58. The zero-order valence-electron chi connectivity index (χ0n) is 10.8. The van der Waals surface area contributed by atoms with Crippen molar-refractivity contribution in [1.82, 2.24) is 5.32 Å². The van der Waals surface area contributed by atoms with Crippen LogP contribution in [-0.4, -0.2) is 12.1 Å². The maximum absolute atomic E-state index is 11.5. The van der Waals surface area contributed by atoms with Crippen molar-refractivity contribution in [2.75, 3.05) is 0 Å². The Morgan fingerprint density at radius 1 is 1.24 bits per heavy atom. The number of benzene rings is 1. The SMILES string of the molecule is CC(C)C[C@H](C)NC(=O)OCc1ccccc1. The van der Waals surface area contributed by atoms with Gasteiger partial charge < -0.3 is 10.1 Å². The van der Waals surface area contributed by atoms with Gasteiger partial charge >= 0.3 is 6.09 Å². The molecule has 0 radical (unpaired) electrons. The van der Waals surface area contributed by atoms with E-state index in [0.717, 1.165) is 12.0 Å². The monoisotopic (exact) mass is 235 g/mol. The average molecular weight is 235 g/mol. The van der Waals surface area contributed by atoms with Gasteiger partial charge in [0.2, 0.25) is 0 Å². The van der Waals surface area contributed by atoms with Gasteiger partial charge in [-0.1, -0.05) is 44.2 Å². The second-order valence-corrected chi connectivity index (χ2v) is 4.74. The molecule has 0 aliphatic carbocycles. The molecule has 17 heavy (non-hydrogen) atoms. The summed E-state index contributed by atoms with van der Waals surface area (Å²) in [6.07, 6.45) is 0.613. The molecule has 0 heterocycles. The molecule has 1 atom stereocenters. The van der Waals surface area contributed by atoms with Gasteiger partial charge in [-0.15, -0.1) is 0 Å². The molecule has 1 aromatic rings. The Hall–Kier alpha value is -1.51.